The van der Waals surface area contributed by atoms with Crippen LogP contribution in [0, 0.1) is 5.82 Å². The molecule has 6 N–H and O–H groups in total. The number of carbonyl (C=O) groups excluding carboxylic acids is 1. The zero-order valence-corrected chi connectivity index (χ0v) is 17.5. The van der Waals surface area contributed by atoms with Crippen LogP contribution in [0.5, 0.6) is 0 Å². The highest BCUT2D eigenvalue weighted by Gasteiger charge is 2.28. The Morgan fingerprint density at radius 2 is 1.82 bits per heavy atom. The molecule has 1 aliphatic rings. The van der Waals surface area contributed by atoms with Crippen LogP contribution >= 0.6 is 0 Å². The molecule has 1 aromatic carbocycles. The number of benzene rings is 1. The lowest BCUT2D eigenvalue weighted by atomic mass is 9.90. The molecule has 0 saturated heterocycles. The van der Waals surface area contributed by atoms with E-state index < -0.39 is 17.8 Å². The molecule has 3 aromatic rings. The van der Waals surface area contributed by atoms with Crippen molar-refractivity contribution in [2.45, 2.75) is 37.8 Å². The third-order valence-electron chi connectivity index (χ3n) is 5.40. The zero-order chi connectivity index (χ0) is 23.4. The standard InChI is InChI=1S/C21H23FN8O3/c22-15-11-14(18(23)31)19(26-12-4-3-5-13(10-12)30-24-8-9-25-30)29-20(15)27-16-6-1-2-7-17(16)28-21(32)33/h3-5,8-11,16-17,28H,1-2,6-7H2,(H2,23,31)(H,32,33)(H2,26,27,29)/t16-,17+/m1/s1. The van der Waals surface area contributed by atoms with Crippen LogP contribution in [-0.4, -0.2) is 49.2 Å². The van der Waals surface area contributed by atoms with E-state index in [9.17, 15) is 14.0 Å². The van der Waals surface area contributed by atoms with Crippen molar-refractivity contribution in [1.29, 1.82) is 0 Å². The van der Waals surface area contributed by atoms with E-state index in [0.29, 0.717) is 24.2 Å². The van der Waals surface area contributed by atoms with E-state index in [1.807, 2.05) is 0 Å². The molecule has 4 rings (SSSR count). The van der Waals surface area contributed by atoms with Gasteiger partial charge in [-0.2, -0.15) is 15.0 Å². The molecule has 2 atom stereocenters. The number of nitrogens with one attached hydrogen (secondary N) is 3. The number of hydrogen-bond acceptors (Lipinski definition) is 7. The normalized spacial score (nSPS) is 17.8. The second-order valence-corrected chi connectivity index (χ2v) is 7.66. The van der Waals surface area contributed by atoms with E-state index in [-0.39, 0.29) is 29.3 Å². The SMILES string of the molecule is NC(=O)c1cc(F)c(N[C@@H]2CCCC[C@@H]2NC(=O)O)nc1Nc1cccc(-n2nccn2)c1. The minimum Gasteiger partial charge on any atom is -0.465 e. The van der Waals surface area contributed by atoms with Crippen molar-refractivity contribution in [3.8, 4) is 5.69 Å². The Morgan fingerprint density at radius 1 is 1.09 bits per heavy atom. The first-order valence-corrected chi connectivity index (χ1v) is 10.4. The highest BCUT2D eigenvalue weighted by atomic mass is 19.1. The summed E-state index contributed by atoms with van der Waals surface area (Å²) in [4.78, 5) is 28.8. The van der Waals surface area contributed by atoms with Crippen LogP contribution in [0.1, 0.15) is 36.0 Å². The second-order valence-electron chi connectivity index (χ2n) is 7.66. The Bertz CT molecular complexity index is 1150. The number of anilines is 3. The van der Waals surface area contributed by atoms with Gasteiger partial charge in [-0.25, -0.2) is 14.2 Å². The number of hydrogen-bond donors (Lipinski definition) is 5. The Labute approximate surface area is 188 Å². The summed E-state index contributed by atoms with van der Waals surface area (Å²) in [5, 5.41) is 25.7. The molecule has 11 nitrogen and oxygen atoms in total. The van der Waals surface area contributed by atoms with Crippen molar-refractivity contribution in [2.24, 2.45) is 5.73 Å². The van der Waals surface area contributed by atoms with E-state index >= 15 is 0 Å². The van der Waals surface area contributed by atoms with Gasteiger partial charge in [-0.3, -0.25) is 4.79 Å². The van der Waals surface area contributed by atoms with Crippen LogP contribution in [0.25, 0.3) is 5.69 Å². The topological polar surface area (TPSA) is 160 Å². The van der Waals surface area contributed by atoms with Crippen LogP contribution in [0.4, 0.5) is 26.5 Å². The fraction of sp³-hybridized carbons (Fsp3) is 0.286. The molecule has 0 aliphatic heterocycles. The molecule has 0 radical (unpaired) electrons. The van der Waals surface area contributed by atoms with Gasteiger partial charge in [-0.15, -0.1) is 0 Å². The summed E-state index contributed by atoms with van der Waals surface area (Å²) in [7, 11) is 0. The number of carbonyl (C=O) groups is 2. The second kappa shape index (κ2) is 9.51. The summed E-state index contributed by atoms with van der Waals surface area (Å²) in [6.45, 7) is 0. The summed E-state index contributed by atoms with van der Waals surface area (Å²) in [6, 6.07) is 7.31. The van der Waals surface area contributed by atoms with Crippen molar-refractivity contribution in [2.75, 3.05) is 10.6 Å². The van der Waals surface area contributed by atoms with E-state index in [0.717, 1.165) is 18.9 Å². The number of halogens is 1. The maximum Gasteiger partial charge on any atom is 0.404 e. The fourth-order valence-electron chi connectivity index (χ4n) is 3.88. The van der Waals surface area contributed by atoms with Gasteiger partial charge < -0.3 is 26.8 Å². The predicted molar refractivity (Wildman–Crippen MR) is 118 cm³/mol. The van der Waals surface area contributed by atoms with Crippen LogP contribution in [0.3, 0.4) is 0 Å². The fourth-order valence-corrected chi connectivity index (χ4v) is 3.88. The van der Waals surface area contributed by atoms with Crippen LogP contribution < -0.4 is 21.7 Å². The van der Waals surface area contributed by atoms with Crippen LogP contribution in [0.15, 0.2) is 42.7 Å². The summed E-state index contributed by atoms with van der Waals surface area (Å²) < 4.78 is 14.8. The highest BCUT2D eigenvalue weighted by Crippen LogP contribution is 2.27. The number of primary amides is 1. The van der Waals surface area contributed by atoms with Crippen LogP contribution in [-0.2, 0) is 0 Å². The van der Waals surface area contributed by atoms with Gasteiger partial charge in [0.05, 0.1) is 29.7 Å². The molecule has 33 heavy (non-hydrogen) atoms. The van der Waals surface area contributed by atoms with E-state index in [1.165, 1.54) is 4.80 Å². The Hall–Kier alpha value is -4.22. The highest BCUT2D eigenvalue weighted by molar-refractivity contribution is 5.98. The maximum absolute atomic E-state index is 14.8. The lowest BCUT2D eigenvalue weighted by Gasteiger charge is -2.32. The van der Waals surface area contributed by atoms with Crippen molar-refractivity contribution in [3.05, 3.63) is 54.1 Å². The molecule has 0 unspecified atom stereocenters. The Morgan fingerprint density at radius 3 is 2.52 bits per heavy atom. The molecular formula is C21H23FN8O3. The van der Waals surface area contributed by atoms with E-state index in [2.05, 4.69) is 31.1 Å². The number of aromatic nitrogens is 4. The average molecular weight is 454 g/mol. The molecule has 2 aromatic heterocycles. The lowest BCUT2D eigenvalue weighted by Crippen LogP contribution is -2.48. The molecular weight excluding hydrogens is 431 g/mol. The smallest absolute Gasteiger partial charge is 0.404 e. The first-order chi connectivity index (χ1) is 15.9. The van der Waals surface area contributed by atoms with Gasteiger partial charge in [0, 0.05) is 11.7 Å². The summed E-state index contributed by atoms with van der Waals surface area (Å²) in [6.07, 6.45) is 4.96. The Kier molecular flexibility index (Phi) is 6.33. The maximum atomic E-state index is 14.8. The van der Waals surface area contributed by atoms with Crippen LogP contribution in [0.2, 0.25) is 0 Å². The number of nitrogens with zero attached hydrogens (tertiary/aromatic N) is 4. The van der Waals surface area contributed by atoms with Crippen molar-refractivity contribution in [1.82, 2.24) is 25.3 Å². The molecule has 2 amide bonds. The molecule has 2 heterocycles. The molecule has 0 bridgehead atoms. The lowest BCUT2D eigenvalue weighted by molar-refractivity contribution is 0.1000. The number of amides is 2. The van der Waals surface area contributed by atoms with Crippen molar-refractivity contribution < 1.29 is 19.1 Å². The van der Waals surface area contributed by atoms with Crippen molar-refractivity contribution in [3.63, 3.8) is 0 Å². The quantitative estimate of drug-likeness (QED) is 0.364. The number of pyridine rings is 1. The average Bonchev–Trinajstić information content (AvgIpc) is 3.32. The van der Waals surface area contributed by atoms with E-state index in [4.69, 9.17) is 10.8 Å². The minimum atomic E-state index is -1.14. The predicted octanol–water partition coefficient (Wildman–Crippen LogP) is 2.63. The van der Waals surface area contributed by atoms with Gasteiger partial charge in [-0.05, 0) is 37.1 Å². The number of nitrogens with two attached hydrogens (primary N) is 1. The largest absolute Gasteiger partial charge is 0.465 e. The number of rotatable bonds is 7. The molecule has 1 saturated carbocycles. The summed E-state index contributed by atoms with van der Waals surface area (Å²) >= 11 is 0. The molecule has 1 aliphatic carbocycles. The summed E-state index contributed by atoms with van der Waals surface area (Å²) in [5.41, 5.74) is 6.55. The van der Waals surface area contributed by atoms with Gasteiger partial charge in [0.1, 0.15) is 5.82 Å². The first-order valence-electron chi connectivity index (χ1n) is 10.4. The molecule has 1 fully saturated rings. The van der Waals surface area contributed by atoms with Gasteiger partial charge >= 0.3 is 6.09 Å². The summed E-state index contributed by atoms with van der Waals surface area (Å²) in [5.74, 6) is -1.64. The van der Waals surface area contributed by atoms with Gasteiger partial charge in [0.15, 0.2) is 11.6 Å². The van der Waals surface area contributed by atoms with E-state index in [1.54, 1.807) is 36.7 Å². The molecule has 12 heteroatoms. The monoisotopic (exact) mass is 454 g/mol. The zero-order valence-electron chi connectivity index (χ0n) is 17.5. The van der Waals surface area contributed by atoms with Gasteiger partial charge in [0.2, 0.25) is 0 Å². The molecule has 172 valence electrons. The minimum absolute atomic E-state index is 0.0653. The van der Waals surface area contributed by atoms with Gasteiger partial charge in [-0.1, -0.05) is 18.9 Å². The third kappa shape index (κ3) is 5.17. The van der Waals surface area contributed by atoms with Crippen molar-refractivity contribution >= 4 is 29.3 Å². The number of carboxylic acid groups (broad SMARTS) is 1. The first kappa shape index (κ1) is 22.0. The third-order valence-corrected chi connectivity index (χ3v) is 5.40. The molecule has 0 spiro atoms. The van der Waals surface area contributed by atoms with Gasteiger partial charge in [0.25, 0.3) is 5.91 Å². The Balaban J connectivity index is 1.63.